The number of carboxylic acid groups (broad SMARTS) is 1. The van der Waals surface area contributed by atoms with Crippen LogP contribution in [-0.4, -0.2) is 54.2 Å². The zero-order valence-corrected chi connectivity index (χ0v) is 16.4. The van der Waals surface area contributed by atoms with Crippen molar-refractivity contribution in [2.45, 2.75) is 32.0 Å². The molecule has 0 bridgehead atoms. The van der Waals surface area contributed by atoms with E-state index in [1.165, 1.54) is 4.68 Å². The van der Waals surface area contributed by atoms with Gasteiger partial charge >= 0.3 is 12.1 Å². The van der Waals surface area contributed by atoms with E-state index >= 15 is 0 Å². The highest BCUT2D eigenvalue weighted by molar-refractivity contribution is 5.90. The molecule has 0 saturated heterocycles. The van der Waals surface area contributed by atoms with E-state index < -0.39 is 30.3 Å². The molecule has 2 aromatic heterocycles. The molecular weight excluding hydrogens is 404 g/mol. The van der Waals surface area contributed by atoms with E-state index in [0.29, 0.717) is 12.2 Å². The number of benzene rings is 1. The smallest absolute Gasteiger partial charge is 0.408 e. The zero-order valence-electron chi connectivity index (χ0n) is 16.4. The Morgan fingerprint density at radius 1 is 1.06 bits per heavy atom. The summed E-state index contributed by atoms with van der Waals surface area (Å²) < 4.78 is 6.35. The van der Waals surface area contributed by atoms with Gasteiger partial charge in [0.25, 0.3) is 0 Å². The summed E-state index contributed by atoms with van der Waals surface area (Å²) >= 11 is 0. The third-order valence-electron chi connectivity index (χ3n) is 4.30. The molecule has 0 aliphatic carbocycles. The van der Waals surface area contributed by atoms with Crippen molar-refractivity contribution < 1.29 is 24.2 Å². The molecule has 0 saturated carbocycles. The number of alkyl carbamates (subject to hydrolysis) is 1. The summed E-state index contributed by atoms with van der Waals surface area (Å²) in [6.45, 7) is -0.311. The number of ether oxygens (including phenoxy) is 1. The van der Waals surface area contributed by atoms with Crippen molar-refractivity contribution in [3.63, 3.8) is 0 Å². The van der Waals surface area contributed by atoms with Gasteiger partial charge in [0.15, 0.2) is 11.6 Å². The van der Waals surface area contributed by atoms with E-state index in [9.17, 15) is 14.4 Å². The fourth-order valence-corrected chi connectivity index (χ4v) is 2.74. The van der Waals surface area contributed by atoms with Crippen LogP contribution in [0.5, 0.6) is 0 Å². The van der Waals surface area contributed by atoms with Gasteiger partial charge in [-0.2, -0.15) is 0 Å². The average molecular weight is 424 g/mol. The molecule has 160 valence electrons. The molecule has 0 spiro atoms. The van der Waals surface area contributed by atoms with Crippen LogP contribution in [0.3, 0.4) is 0 Å². The highest BCUT2D eigenvalue weighted by atomic mass is 16.5. The van der Waals surface area contributed by atoms with E-state index in [2.05, 4.69) is 25.8 Å². The number of Topliss-reactive ketones (excluding diaryl/α,β-unsaturated/α-hetero) is 1. The molecule has 1 unspecified atom stereocenters. The third-order valence-corrected chi connectivity index (χ3v) is 4.30. The molecule has 31 heavy (non-hydrogen) atoms. The quantitative estimate of drug-likeness (QED) is 0.486. The maximum atomic E-state index is 12.7. The molecule has 11 nitrogen and oxygen atoms in total. The van der Waals surface area contributed by atoms with Crippen LogP contribution in [0, 0.1) is 0 Å². The van der Waals surface area contributed by atoms with Crippen LogP contribution < -0.4 is 5.32 Å². The number of aliphatic carboxylic acids is 1. The van der Waals surface area contributed by atoms with E-state index in [1.807, 2.05) is 6.07 Å². The third kappa shape index (κ3) is 6.70. The Balaban J connectivity index is 1.61. The lowest BCUT2D eigenvalue weighted by molar-refractivity contribution is -0.139. The lowest BCUT2D eigenvalue weighted by Gasteiger charge is -2.16. The SMILES string of the molecule is O=C(O)CC(NC(=O)OCc1ccccc1)C(=O)Cn1nnnc1Cc1ccncc1. The summed E-state index contributed by atoms with van der Waals surface area (Å²) in [6, 6.07) is 11.2. The number of hydrogen-bond acceptors (Lipinski definition) is 8. The average Bonchev–Trinajstić information content (AvgIpc) is 3.19. The second-order valence-electron chi connectivity index (χ2n) is 6.61. The number of pyridine rings is 1. The van der Waals surface area contributed by atoms with Gasteiger partial charge in [-0.05, 0) is 33.7 Å². The number of carbonyl (C=O) groups is 3. The van der Waals surface area contributed by atoms with Crippen molar-refractivity contribution >= 4 is 17.8 Å². The first-order valence-corrected chi connectivity index (χ1v) is 9.37. The number of nitrogens with zero attached hydrogens (tertiary/aromatic N) is 5. The van der Waals surface area contributed by atoms with Crippen molar-refractivity contribution in [1.29, 1.82) is 0 Å². The minimum atomic E-state index is -1.29. The van der Waals surface area contributed by atoms with E-state index in [4.69, 9.17) is 9.84 Å². The number of amides is 1. The number of rotatable bonds is 10. The van der Waals surface area contributed by atoms with Gasteiger partial charge in [-0.3, -0.25) is 14.6 Å². The number of carboxylic acids is 1. The maximum absolute atomic E-state index is 12.7. The summed E-state index contributed by atoms with van der Waals surface area (Å²) in [5.41, 5.74) is 1.65. The number of nitrogens with one attached hydrogen (secondary N) is 1. The highest BCUT2D eigenvalue weighted by Crippen LogP contribution is 2.07. The number of aromatic nitrogens is 5. The Bertz CT molecular complexity index is 1020. The fraction of sp³-hybridized carbons (Fsp3) is 0.250. The second kappa shape index (κ2) is 10.6. The summed E-state index contributed by atoms with van der Waals surface area (Å²) in [4.78, 5) is 39.9. The van der Waals surface area contributed by atoms with E-state index in [1.54, 1.807) is 48.8 Å². The largest absolute Gasteiger partial charge is 0.481 e. The van der Waals surface area contributed by atoms with Crippen molar-refractivity contribution in [3.05, 3.63) is 71.8 Å². The van der Waals surface area contributed by atoms with E-state index in [0.717, 1.165) is 11.1 Å². The molecule has 11 heteroatoms. The minimum absolute atomic E-state index is 0.0102. The van der Waals surface area contributed by atoms with Gasteiger partial charge in [-0.25, -0.2) is 9.48 Å². The Morgan fingerprint density at radius 2 is 1.81 bits per heavy atom. The van der Waals surface area contributed by atoms with Gasteiger partial charge in [0, 0.05) is 18.8 Å². The molecule has 3 aromatic rings. The number of carbonyl (C=O) groups excluding carboxylic acids is 2. The van der Waals surface area contributed by atoms with Gasteiger partial charge in [0.1, 0.15) is 19.2 Å². The predicted molar refractivity (Wildman–Crippen MR) is 106 cm³/mol. The first kappa shape index (κ1) is 21.6. The van der Waals surface area contributed by atoms with Crippen molar-refractivity contribution in [2.24, 2.45) is 0 Å². The molecule has 2 N–H and O–H groups in total. The summed E-state index contributed by atoms with van der Waals surface area (Å²) in [7, 11) is 0. The van der Waals surface area contributed by atoms with Crippen molar-refractivity contribution in [2.75, 3.05) is 0 Å². The number of ketones is 1. The summed E-state index contributed by atoms with van der Waals surface area (Å²) in [5, 5.41) is 22.7. The Labute approximate surface area is 177 Å². The Hall–Kier alpha value is -4.15. The molecule has 3 rings (SSSR count). The van der Waals surface area contributed by atoms with Crippen LogP contribution in [0.1, 0.15) is 23.4 Å². The van der Waals surface area contributed by atoms with Crippen LogP contribution in [0.4, 0.5) is 4.79 Å². The van der Waals surface area contributed by atoms with Gasteiger partial charge in [-0.15, -0.1) is 5.10 Å². The molecule has 0 aliphatic heterocycles. The highest BCUT2D eigenvalue weighted by Gasteiger charge is 2.26. The minimum Gasteiger partial charge on any atom is -0.481 e. The topological polar surface area (TPSA) is 149 Å². The van der Waals surface area contributed by atoms with Crippen LogP contribution in [0.15, 0.2) is 54.9 Å². The lowest BCUT2D eigenvalue weighted by atomic mass is 10.1. The van der Waals surface area contributed by atoms with Crippen LogP contribution in [0.2, 0.25) is 0 Å². The number of tetrazole rings is 1. The fourth-order valence-electron chi connectivity index (χ4n) is 2.74. The zero-order chi connectivity index (χ0) is 22.1. The Kier molecular flexibility index (Phi) is 7.35. The molecule has 1 amide bonds. The van der Waals surface area contributed by atoms with Gasteiger partial charge < -0.3 is 15.2 Å². The lowest BCUT2D eigenvalue weighted by Crippen LogP contribution is -2.44. The molecule has 0 fully saturated rings. The predicted octanol–water partition coefficient (Wildman–Crippen LogP) is 0.998. The first-order chi connectivity index (χ1) is 15.0. The van der Waals surface area contributed by atoms with Gasteiger partial charge in [0.2, 0.25) is 0 Å². The van der Waals surface area contributed by atoms with Crippen LogP contribution >= 0.6 is 0 Å². The monoisotopic (exact) mass is 424 g/mol. The maximum Gasteiger partial charge on any atom is 0.408 e. The first-order valence-electron chi connectivity index (χ1n) is 9.37. The molecule has 1 atom stereocenters. The van der Waals surface area contributed by atoms with Crippen LogP contribution in [0.25, 0.3) is 0 Å². The van der Waals surface area contributed by atoms with E-state index in [-0.39, 0.29) is 13.2 Å². The summed E-state index contributed by atoms with van der Waals surface area (Å²) in [5.74, 6) is -1.39. The molecule has 2 heterocycles. The van der Waals surface area contributed by atoms with Crippen LogP contribution in [-0.2, 0) is 33.9 Å². The molecule has 0 aliphatic rings. The van der Waals surface area contributed by atoms with Crippen molar-refractivity contribution in [1.82, 2.24) is 30.5 Å². The van der Waals surface area contributed by atoms with Gasteiger partial charge in [0.05, 0.1) is 6.42 Å². The van der Waals surface area contributed by atoms with Gasteiger partial charge in [-0.1, -0.05) is 30.3 Å². The Morgan fingerprint density at radius 3 is 2.52 bits per heavy atom. The summed E-state index contributed by atoms with van der Waals surface area (Å²) in [6.07, 6.45) is 2.13. The normalized spacial score (nSPS) is 11.5. The second-order valence-corrected chi connectivity index (χ2v) is 6.61. The van der Waals surface area contributed by atoms with Crippen molar-refractivity contribution in [3.8, 4) is 0 Å². The molecule has 1 aromatic carbocycles. The molecule has 0 radical (unpaired) electrons. The standard InChI is InChI=1S/C20H20N6O5/c27-17(12-26-18(23-24-25-26)10-14-6-8-21-9-7-14)16(11-19(28)29)22-20(30)31-13-15-4-2-1-3-5-15/h1-9,16H,10-13H2,(H,22,30)(H,28,29). The number of hydrogen-bond donors (Lipinski definition) is 2. The molecular formula is C20H20N6O5.